The minimum Gasteiger partial charge on any atom is -0.354 e. The Bertz CT molecular complexity index is 827. The van der Waals surface area contributed by atoms with Crippen LogP contribution in [0.1, 0.15) is 30.2 Å². The van der Waals surface area contributed by atoms with Gasteiger partial charge in [-0.1, -0.05) is 0 Å². The molecule has 0 unspecified atom stereocenters. The number of aryl methyl sites for hydroxylation is 2. The number of amides is 1. The fourth-order valence-corrected chi connectivity index (χ4v) is 2.29. The van der Waals surface area contributed by atoms with Gasteiger partial charge in [-0.15, -0.1) is 20.4 Å². The van der Waals surface area contributed by atoms with Gasteiger partial charge in [0.2, 0.25) is 0 Å². The van der Waals surface area contributed by atoms with Gasteiger partial charge >= 0.3 is 0 Å². The third kappa shape index (κ3) is 2.74. The summed E-state index contributed by atoms with van der Waals surface area (Å²) in [6, 6.07) is 0. The molecule has 23 heavy (non-hydrogen) atoms. The molecule has 0 saturated heterocycles. The smallest absolute Gasteiger partial charge is 0.267 e. The maximum Gasteiger partial charge on any atom is 0.267 e. The predicted octanol–water partition coefficient (Wildman–Crippen LogP) is -0.541. The van der Waals surface area contributed by atoms with Gasteiger partial charge in [0.25, 0.3) is 5.91 Å². The largest absolute Gasteiger partial charge is 0.354 e. The Balaban J connectivity index is 0.000000140. The van der Waals surface area contributed by atoms with Crippen LogP contribution in [-0.2, 0) is 17.6 Å². The van der Waals surface area contributed by atoms with Crippen LogP contribution in [0.2, 0.25) is 0 Å². The van der Waals surface area contributed by atoms with E-state index in [0.29, 0.717) is 18.0 Å². The topological polar surface area (TPSA) is 115 Å². The Kier molecular flexibility index (Phi) is 3.72. The molecule has 2 aliphatic heterocycles. The molecule has 4 rings (SSSR count). The van der Waals surface area contributed by atoms with Crippen LogP contribution in [0.5, 0.6) is 0 Å². The molecule has 0 aliphatic carbocycles. The van der Waals surface area contributed by atoms with Crippen LogP contribution in [0.25, 0.3) is 0 Å². The second kappa shape index (κ2) is 5.71. The summed E-state index contributed by atoms with van der Waals surface area (Å²) in [5.74, 6) is 3.08. The number of nitrogens with one attached hydrogen (secondary N) is 1. The van der Waals surface area contributed by atoms with E-state index in [2.05, 4.69) is 35.9 Å². The van der Waals surface area contributed by atoms with Crippen molar-refractivity contribution in [1.82, 2.24) is 35.1 Å². The van der Waals surface area contributed by atoms with Crippen LogP contribution in [0, 0.1) is 13.8 Å². The van der Waals surface area contributed by atoms with Gasteiger partial charge in [-0.25, -0.2) is 9.35 Å². The van der Waals surface area contributed by atoms with Crippen molar-refractivity contribution in [3.63, 3.8) is 0 Å². The molecular formula is C13H17N9O. The van der Waals surface area contributed by atoms with Gasteiger partial charge in [0.15, 0.2) is 23.3 Å². The summed E-state index contributed by atoms with van der Waals surface area (Å²) >= 11 is 0. The van der Waals surface area contributed by atoms with Crippen LogP contribution < -0.4 is 5.32 Å². The molecule has 10 heteroatoms. The normalized spacial score (nSPS) is 14.4. The zero-order valence-corrected chi connectivity index (χ0v) is 13.4. The molecule has 0 radical (unpaired) electrons. The highest BCUT2D eigenvalue weighted by atomic mass is 16.1. The zero-order chi connectivity index (χ0) is 16.6. The number of aromatic nitrogens is 6. The molecule has 10 nitrogen and oxygen atoms in total. The van der Waals surface area contributed by atoms with Gasteiger partial charge in [0.05, 0.1) is 6.42 Å². The van der Waals surface area contributed by atoms with Crippen molar-refractivity contribution in [3.05, 3.63) is 23.3 Å². The number of rotatable bonds is 1. The standard InChI is InChI=1S/C7H9N5O.C6H8N4/c1-4-9-10-6-3-5(7(13)8-2)11-12(4)6;1-4-3-6-8-7-5(2)10(6)9-4/h3H2,1-2H3,(H,8,13);3H2,1-2H3. The first kappa shape index (κ1) is 15.0. The zero-order valence-electron chi connectivity index (χ0n) is 13.4. The molecule has 0 aromatic carbocycles. The van der Waals surface area contributed by atoms with Crippen LogP contribution in [0.3, 0.4) is 0 Å². The average molecular weight is 315 g/mol. The third-order valence-electron chi connectivity index (χ3n) is 3.44. The molecule has 2 aromatic rings. The van der Waals surface area contributed by atoms with E-state index < -0.39 is 0 Å². The minimum atomic E-state index is -0.162. The summed E-state index contributed by atoms with van der Waals surface area (Å²) in [5, 5.41) is 26.4. The number of hydrogen-bond acceptors (Lipinski definition) is 7. The summed E-state index contributed by atoms with van der Waals surface area (Å²) in [6.07, 6.45) is 1.31. The van der Waals surface area contributed by atoms with Crippen LogP contribution in [0.15, 0.2) is 10.2 Å². The second-order valence-electron chi connectivity index (χ2n) is 5.27. The maximum atomic E-state index is 11.2. The molecule has 0 saturated carbocycles. The predicted molar refractivity (Wildman–Crippen MR) is 82.3 cm³/mol. The van der Waals surface area contributed by atoms with E-state index in [0.717, 1.165) is 29.6 Å². The first-order valence-electron chi connectivity index (χ1n) is 7.15. The Morgan fingerprint density at radius 1 is 0.913 bits per heavy atom. The van der Waals surface area contributed by atoms with Gasteiger partial charge in [-0.2, -0.15) is 10.2 Å². The lowest BCUT2D eigenvalue weighted by Gasteiger charge is -1.94. The molecule has 120 valence electrons. The van der Waals surface area contributed by atoms with Crippen LogP contribution in [-0.4, -0.2) is 54.1 Å². The van der Waals surface area contributed by atoms with E-state index in [9.17, 15) is 4.79 Å². The Morgan fingerprint density at radius 3 is 2.00 bits per heavy atom. The summed E-state index contributed by atoms with van der Waals surface area (Å²) in [5.41, 5.74) is 1.59. The minimum absolute atomic E-state index is 0.162. The van der Waals surface area contributed by atoms with Crippen molar-refractivity contribution >= 4 is 17.3 Å². The van der Waals surface area contributed by atoms with Gasteiger partial charge in [-0.3, -0.25) is 4.79 Å². The monoisotopic (exact) mass is 315 g/mol. The van der Waals surface area contributed by atoms with Crippen molar-refractivity contribution in [2.75, 3.05) is 7.05 Å². The second-order valence-corrected chi connectivity index (χ2v) is 5.27. The third-order valence-corrected chi connectivity index (χ3v) is 3.44. The molecule has 0 fully saturated rings. The number of nitrogens with zero attached hydrogens (tertiary/aromatic N) is 8. The lowest BCUT2D eigenvalue weighted by molar-refractivity contribution is -0.114. The summed E-state index contributed by atoms with van der Waals surface area (Å²) in [6.45, 7) is 5.69. The lowest BCUT2D eigenvalue weighted by Crippen LogP contribution is -2.27. The highest BCUT2D eigenvalue weighted by Crippen LogP contribution is 2.10. The molecule has 0 bridgehead atoms. The molecule has 0 atom stereocenters. The van der Waals surface area contributed by atoms with Gasteiger partial charge in [-0.05, 0) is 20.8 Å². The van der Waals surface area contributed by atoms with Crippen molar-refractivity contribution < 1.29 is 4.79 Å². The van der Waals surface area contributed by atoms with Crippen molar-refractivity contribution in [2.45, 2.75) is 33.6 Å². The number of carbonyl (C=O) groups is 1. The van der Waals surface area contributed by atoms with E-state index >= 15 is 0 Å². The summed E-state index contributed by atoms with van der Waals surface area (Å²) in [4.78, 5) is 11.2. The molecule has 1 N–H and O–H groups in total. The Hall–Kier alpha value is -2.91. The number of hydrogen-bond donors (Lipinski definition) is 1. The molecular weight excluding hydrogens is 298 g/mol. The van der Waals surface area contributed by atoms with E-state index in [-0.39, 0.29) is 5.91 Å². The van der Waals surface area contributed by atoms with Gasteiger partial charge in [0, 0.05) is 19.2 Å². The van der Waals surface area contributed by atoms with Gasteiger partial charge in [0.1, 0.15) is 5.71 Å². The summed E-state index contributed by atoms with van der Waals surface area (Å²) < 4.78 is 3.37. The van der Waals surface area contributed by atoms with E-state index in [1.807, 2.05) is 13.8 Å². The van der Waals surface area contributed by atoms with Crippen molar-refractivity contribution in [2.24, 2.45) is 10.2 Å². The van der Waals surface area contributed by atoms with Crippen molar-refractivity contribution in [1.29, 1.82) is 0 Å². The molecule has 2 aliphatic rings. The van der Waals surface area contributed by atoms with Crippen LogP contribution >= 0.6 is 0 Å². The molecule has 1 amide bonds. The Labute approximate surface area is 132 Å². The molecule has 0 spiro atoms. The lowest BCUT2D eigenvalue weighted by atomic mass is 10.2. The van der Waals surface area contributed by atoms with E-state index in [1.54, 1.807) is 23.3 Å². The van der Waals surface area contributed by atoms with E-state index in [1.165, 1.54) is 0 Å². The average Bonchev–Trinajstić information content (AvgIpc) is 3.25. The number of carbonyl (C=O) groups excluding carboxylic acids is 1. The quantitative estimate of drug-likeness (QED) is 0.759. The van der Waals surface area contributed by atoms with E-state index in [4.69, 9.17) is 0 Å². The highest BCUT2D eigenvalue weighted by molar-refractivity contribution is 6.39. The fraction of sp³-hybridized carbons (Fsp3) is 0.462. The van der Waals surface area contributed by atoms with Gasteiger partial charge < -0.3 is 5.32 Å². The summed E-state index contributed by atoms with van der Waals surface area (Å²) in [7, 11) is 1.58. The number of fused-ring (bicyclic) bond motifs is 2. The van der Waals surface area contributed by atoms with Crippen LogP contribution in [0.4, 0.5) is 0 Å². The molecule has 4 heterocycles. The SMILES string of the molecule is CC1=Nn2c(C)nnc2C1.CNC(=O)C1=Nn2c(C)nnc2C1. The first-order chi connectivity index (χ1) is 11.0. The highest BCUT2D eigenvalue weighted by Gasteiger charge is 2.22. The first-order valence-corrected chi connectivity index (χ1v) is 7.15. The molecule has 2 aromatic heterocycles. The fourth-order valence-electron chi connectivity index (χ4n) is 2.29. The Morgan fingerprint density at radius 2 is 1.48 bits per heavy atom. The maximum absolute atomic E-state index is 11.2. The van der Waals surface area contributed by atoms with Crippen molar-refractivity contribution in [3.8, 4) is 0 Å².